The van der Waals surface area contributed by atoms with E-state index >= 15 is 0 Å². The summed E-state index contributed by atoms with van der Waals surface area (Å²) in [6.07, 6.45) is 6.11. The molecule has 1 aromatic carbocycles. The summed E-state index contributed by atoms with van der Waals surface area (Å²) in [5, 5.41) is 8.96. The van der Waals surface area contributed by atoms with Gasteiger partial charge in [-0.25, -0.2) is 4.98 Å². The molecule has 0 amide bonds. The smallest absolute Gasteiger partial charge is 0.109 e. The van der Waals surface area contributed by atoms with Gasteiger partial charge in [0.05, 0.1) is 16.4 Å². The second-order valence-electron chi connectivity index (χ2n) is 6.03. The van der Waals surface area contributed by atoms with Crippen molar-refractivity contribution in [2.45, 2.75) is 25.0 Å². The Morgan fingerprint density at radius 1 is 1.39 bits per heavy atom. The third-order valence-electron chi connectivity index (χ3n) is 4.36. The minimum atomic E-state index is -0.245. The van der Waals surface area contributed by atoms with Gasteiger partial charge in [0.25, 0.3) is 0 Å². The van der Waals surface area contributed by atoms with E-state index in [1.54, 1.807) is 11.3 Å². The van der Waals surface area contributed by atoms with Crippen LogP contribution in [0.2, 0.25) is 0 Å². The first-order chi connectivity index (χ1) is 11.3. The van der Waals surface area contributed by atoms with Gasteiger partial charge >= 0.3 is 0 Å². The molecule has 1 fully saturated rings. The van der Waals surface area contributed by atoms with Crippen molar-refractivity contribution in [2.75, 3.05) is 13.2 Å². The molecule has 3 aromatic rings. The SMILES string of the molecule is Cn1cc(C2(CNCc3nc4ccccc4s3)CCCO2)cn1. The van der Waals surface area contributed by atoms with Gasteiger partial charge in [-0.15, -0.1) is 11.3 Å². The van der Waals surface area contributed by atoms with Crippen LogP contribution in [0.15, 0.2) is 36.7 Å². The zero-order chi connectivity index (χ0) is 15.7. The molecule has 6 heteroatoms. The van der Waals surface area contributed by atoms with Crippen molar-refractivity contribution in [3.63, 3.8) is 0 Å². The molecular formula is C17H20N4OS. The fourth-order valence-corrected chi connectivity index (χ4v) is 4.13. The van der Waals surface area contributed by atoms with E-state index in [0.29, 0.717) is 0 Å². The van der Waals surface area contributed by atoms with Crippen LogP contribution in [0, 0.1) is 0 Å². The van der Waals surface area contributed by atoms with Gasteiger partial charge in [0.2, 0.25) is 0 Å². The fourth-order valence-electron chi connectivity index (χ4n) is 3.19. The molecule has 5 nitrogen and oxygen atoms in total. The molecule has 1 unspecified atom stereocenters. The zero-order valence-corrected chi connectivity index (χ0v) is 14.0. The lowest BCUT2D eigenvalue weighted by Crippen LogP contribution is -2.37. The Labute approximate surface area is 139 Å². The van der Waals surface area contributed by atoms with Crippen LogP contribution in [0.25, 0.3) is 10.2 Å². The summed E-state index contributed by atoms with van der Waals surface area (Å²) in [4.78, 5) is 4.68. The van der Waals surface area contributed by atoms with Crippen LogP contribution < -0.4 is 5.32 Å². The first-order valence-corrected chi connectivity index (χ1v) is 8.75. The number of aromatic nitrogens is 3. The van der Waals surface area contributed by atoms with Crippen LogP contribution in [0.4, 0.5) is 0 Å². The molecular weight excluding hydrogens is 308 g/mol. The van der Waals surface area contributed by atoms with Crippen LogP contribution in [0.1, 0.15) is 23.4 Å². The van der Waals surface area contributed by atoms with Gasteiger partial charge in [0, 0.05) is 38.5 Å². The van der Waals surface area contributed by atoms with Crippen LogP contribution in [0.3, 0.4) is 0 Å². The molecule has 0 bridgehead atoms. The number of benzene rings is 1. The van der Waals surface area contributed by atoms with E-state index in [1.165, 1.54) is 4.70 Å². The normalized spacial score (nSPS) is 21.3. The predicted molar refractivity (Wildman–Crippen MR) is 91.4 cm³/mol. The monoisotopic (exact) mass is 328 g/mol. The standard InChI is InChI=1S/C17H20N4OS/c1-21-11-13(9-19-21)17(7-4-8-22-17)12-18-10-16-20-14-5-2-3-6-15(14)23-16/h2-3,5-6,9,11,18H,4,7-8,10,12H2,1H3. The molecule has 1 N–H and O–H groups in total. The third kappa shape index (κ3) is 2.89. The highest BCUT2D eigenvalue weighted by Crippen LogP contribution is 2.35. The van der Waals surface area contributed by atoms with Crippen molar-refractivity contribution in [3.05, 3.63) is 47.2 Å². The average Bonchev–Trinajstić information content (AvgIpc) is 3.26. The molecule has 0 spiro atoms. The molecule has 2 aromatic heterocycles. The highest BCUT2D eigenvalue weighted by Gasteiger charge is 2.37. The second-order valence-corrected chi connectivity index (χ2v) is 7.14. The van der Waals surface area contributed by atoms with Gasteiger partial charge < -0.3 is 10.1 Å². The van der Waals surface area contributed by atoms with E-state index in [9.17, 15) is 0 Å². The average molecular weight is 328 g/mol. The molecule has 4 rings (SSSR count). The highest BCUT2D eigenvalue weighted by atomic mass is 32.1. The molecule has 1 atom stereocenters. The predicted octanol–water partition coefficient (Wildman–Crippen LogP) is 2.83. The molecule has 0 saturated carbocycles. The van der Waals surface area contributed by atoms with Gasteiger partial charge in [-0.2, -0.15) is 5.10 Å². The largest absolute Gasteiger partial charge is 0.369 e. The van der Waals surface area contributed by atoms with E-state index in [2.05, 4.69) is 39.8 Å². The number of para-hydroxylation sites is 1. The Hall–Kier alpha value is -1.76. The molecule has 0 radical (unpaired) electrons. The lowest BCUT2D eigenvalue weighted by atomic mass is 9.93. The summed E-state index contributed by atoms with van der Waals surface area (Å²) in [6.45, 7) is 2.37. The molecule has 120 valence electrons. The Balaban J connectivity index is 1.46. The Morgan fingerprint density at radius 2 is 2.30 bits per heavy atom. The van der Waals surface area contributed by atoms with E-state index < -0.39 is 0 Å². The summed E-state index contributed by atoms with van der Waals surface area (Å²) in [5.41, 5.74) is 1.99. The Kier molecular flexibility index (Phi) is 3.88. The minimum Gasteiger partial charge on any atom is -0.369 e. The summed E-state index contributed by atoms with van der Waals surface area (Å²) < 4.78 is 9.18. The third-order valence-corrected chi connectivity index (χ3v) is 5.40. The first-order valence-electron chi connectivity index (χ1n) is 7.93. The summed E-state index contributed by atoms with van der Waals surface area (Å²) in [5.74, 6) is 0. The number of aryl methyl sites for hydroxylation is 1. The topological polar surface area (TPSA) is 52.0 Å². The van der Waals surface area contributed by atoms with E-state index in [0.717, 1.165) is 48.6 Å². The van der Waals surface area contributed by atoms with Crippen molar-refractivity contribution >= 4 is 21.6 Å². The van der Waals surface area contributed by atoms with E-state index in [-0.39, 0.29) is 5.60 Å². The zero-order valence-electron chi connectivity index (χ0n) is 13.2. The summed E-state index contributed by atoms with van der Waals surface area (Å²) in [6, 6.07) is 8.27. The van der Waals surface area contributed by atoms with Crippen molar-refractivity contribution in [3.8, 4) is 0 Å². The fraction of sp³-hybridized carbons (Fsp3) is 0.412. The highest BCUT2D eigenvalue weighted by molar-refractivity contribution is 7.18. The van der Waals surface area contributed by atoms with Crippen molar-refractivity contribution in [1.82, 2.24) is 20.1 Å². The first kappa shape index (κ1) is 14.8. The number of nitrogens with one attached hydrogen (secondary N) is 1. The van der Waals surface area contributed by atoms with Gasteiger partial charge in [-0.1, -0.05) is 12.1 Å². The maximum atomic E-state index is 6.10. The molecule has 23 heavy (non-hydrogen) atoms. The molecule has 1 aliphatic heterocycles. The number of fused-ring (bicyclic) bond motifs is 1. The van der Waals surface area contributed by atoms with Gasteiger partial charge in [0.15, 0.2) is 0 Å². The number of ether oxygens (including phenoxy) is 1. The van der Waals surface area contributed by atoms with Crippen LogP contribution in [-0.4, -0.2) is 27.9 Å². The summed E-state index contributed by atoms with van der Waals surface area (Å²) >= 11 is 1.75. The van der Waals surface area contributed by atoms with Crippen LogP contribution >= 0.6 is 11.3 Å². The number of hydrogen-bond donors (Lipinski definition) is 1. The van der Waals surface area contributed by atoms with Gasteiger partial charge in [0.1, 0.15) is 10.6 Å². The molecule has 0 aliphatic carbocycles. The molecule has 3 heterocycles. The van der Waals surface area contributed by atoms with Crippen molar-refractivity contribution in [1.29, 1.82) is 0 Å². The number of thiazole rings is 1. The maximum absolute atomic E-state index is 6.10. The number of nitrogens with zero attached hydrogens (tertiary/aromatic N) is 3. The maximum Gasteiger partial charge on any atom is 0.109 e. The lowest BCUT2D eigenvalue weighted by Gasteiger charge is -2.27. The quantitative estimate of drug-likeness (QED) is 0.782. The number of hydrogen-bond acceptors (Lipinski definition) is 5. The van der Waals surface area contributed by atoms with E-state index in [4.69, 9.17) is 4.74 Å². The summed E-state index contributed by atoms with van der Waals surface area (Å²) in [7, 11) is 1.95. The molecule has 1 aliphatic rings. The van der Waals surface area contributed by atoms with Gasteiger partial charge in [-0.05, 0) is 25.0 Å². The van der Waals surface area contributed by atoms with Crippen molar-refractivity contribution in [2.24, 2.45) is 7.05 Å². The van der Waals surface area contributed by atoms with E-state index in [1.807, 2.05) is 24.0 Å². The van der Waals surface area contributed by atoms with Gasteiger partial charge in [-0.3, -0.25) is 4.68 Å². The van der Waals surface area contributed by atoms with Crippen LogP contribution in [0.5, 0.6) is 0 Å². The molecule has 1 saturated heterocycles. The number of rotatable bonds is 5. The lowest BCUT2D eigenvalue weighted by molar-refractivity contribution is 0.000563. The Morgan fingerprint density at radius 3 is 3.04 bits per heavy atom. The van der Waals surface area contributed by atoms with Crippen LogP contribution in [-0.2, 0) is 23.9 Å². The Bertz CT molecular complexity index is 771. The minimum absolute atomic E-state index is 0.245. The van der Waals surface area contributed by atoms with Crippen molar-refractivity contribution < 1.29 is 4.74 Å². The second kappa shape index (κ2) is 6.03.